The van der Waals surface area contributed by atoms with Gasteiger partial charge in [-0.15, -0.1) is 0 Å². The van der Waals surface area contributed by atoms with Crippen molar-refractivity contribution in [3.8, 4) is 0 Å². The SMILES string of the molecule is Cc1ccc(NC(=O)c2ccnc(C(=O)N3CCCCCC3)c2)cc1C. The number of hydrogen-bond acceptors (Lipinski definition) is 3. The zero-order valence-electron chi connectivity index (χ0n) is 15.4. The highest BCUT2D eigenvalue weighted by Gasteiger charge is 2.19. The van der Waals surface area contributed by atoms with Gasteiger partial charge in [0.25, 0.3) is 11.8 Å². The second-order valence-electron chi connectivity index (χ2n) is 6.89. The molecule has 2 amide bonds. The molecule has 2 aromatic rings. The number of amides is 2. The van der Waals surface area contributed by atoms with Gasteiger partial charge in [0.1, 0.15) is 5.69 Å². The van der Waals surface area contributed by atoms with E-state index in [0.29, 0.717) is 11.3 Å². The molecule has 26 heavy (non-hydrogen) atoms. The van der Waals surface area contributed by atoms with Crippen LogP contribution in [0.2, 0.25) is 0 Å². The van der Waals surface area contributed by atoms with Crippen LogP contribution >= 0.6 is 0 Å². The summed E-state index contributed by atoms with van der Waals surface area (Å²) in [5.74, 6) is -0.326. The maximum absolute atomic E-state index is 12.7. The largest absolute Gasteiger partial charge is 0.337 e. The summed E-state index contributed by atoms with van der Waals surface area (Å²) in [6.45, 7) is 5.57. The van der Waals surface area contributed by atoms with Crippen LogP contribution in [0.1, 0.15) is 57.7 Å². The zero-order valence-corrected chi connectivity index (χ0v) is 15.4. The van der Waals surface area contributed by atoms with Crippen molar-refractivity contribution in [2.24, 2.45) is 0 Å². The molecule has 0 saturated carbocycles. The number of hydrogen-bond donors (Lipinski definition) is 1. The minimum atomic E-state index is -0.236. The highest BCUT2D eigenvalue weighted by Crippen LogP contribution is 2.16. The van der Waals surface area contributed by atoms with Crippen LogP contribution in [0.3, 0.4) is 0 Å². The Hall–Kier alpha value is -2.69. The van der Waals surface area contributed by atoms with Gasteiger partial charge in [0, 0.05) is 30.5 Å². The Morgan fingerprint density at radius 1 is 0.962 bits per heavy atom. The van der Waals surface area contributed by atoms with Crippen molar-refractivity contribution in [1.82, 2.24) is 9.88 Å². The van der Waals surface area contributed by atoms with Gasteiger partial charge in [-0.25, -0.2) is 0 Å². The lowest BCUT2D eigenvalue weighted by molar-refractivity contribution is 0.0755. The lowest BCUT2D eigenvalue weighted by atomic mass is 10.1. The molecule has 3 rings (SSSR count). The van der Waals surface area contributed by atoms with Crippen LogP contribution in [0.15, 0.2) is 36.5 Å². The minimum Gasteiger partial charge on any atom is -0.337 e. The fraction of sp³-hybridized carbons (Fsp3) is 0.381. The third-order valence-corrected chi connectivity index (χ3v) is 4.90. The van der Waals surface area contributed by atoms with Gasteiger partial charge >= 0.3 is 0 Å². The van der Waals surface area contributed by atoms with Gasteiger partial charge < -0.3 is 10.2 Å². The van der Waals surface area contributed by atoms with Crippen molar-refractivity contribution < 1.29 is 9.59 Å². The number of aryl methyl sites for hydroxylation is 2. The van der Waals surface area contributed by atoms with Gasteiger partial charge in [0.15, 0.2) is 0 Å². The van der Waals surface area contributed by atoms with Crippen molar-refractivity contribution in [1.29, 1.82) is 0 Å². The molecule has 0 radical (unpaired) electrons. The van der Waals surface area contributed by atoms with E-state index in [2.05, 4.69) is 10.3 Å². The molecule has 1 fully saturated rings. The Balaban J connectivity index is 1.74. The van der Waals surface area contributed by atoms with E-state index >= 15 is 0 Å². The monoisotopic (exact) mass is 351 g/mol. The number of carbonyl (C=O) groups excluding carboxylic acids is 2. The van der Waals surface area contributed by atoms with Gasteiger partial charge in [-0.2, -0.15) is 0 Å². The van der Waals surface area contributed by atoms with Crippen molar-refractivity contribution in [2.75, 3.05) is 18.4 Å². The van der Waals surface area contributed by atoms with E-state index < -0.39 is 0 Å². The normalized spacial score (nSPS) is 14.6. The van der Waals surface area contributed by atoms with Gasteiger partial charge in [0.2, 0.25) is 0 Å². The van der Waals surface area contributed by atoms with Crippen LogP contribution < -0.4 is 5.32 Å². The van der Waals surface area contributed by atoms with Crippen LogP contribution in [0, 0.1) is 13.8 Å². The minimum absolute atomic E-state index is 0.0901. The van der Waals surface area contributed by atoms with E-state index in [9.17, 15) is 9.59 Å². The van der Waals surface area contributed by atoms with Crippen LogP contribution in [0.25, 0.3) is 0 Å². The Bertz CT molecular complexity index is 809. The van der Waals surface area contributed by atoms with Crippen molar-refractivity contribution >= 4 is 17.5 Å². The average molecular weight is 351 g/mol. The Labute approximate surface area is 154 Å². The molecule has 1 aliphatic rings. The highest BCUT2D eigenvalue weighted by atomic mass is 16.2. The Morgan fingerprint density at radius 3 is 2.38 bits per heavy atom. The lowest BCUT2D eigenvalue weighted by Gasteiger charge is -2.19. The maximum Gasteiger partial charge on any atom is 0.272 e. The number of pyridine rings is 1. The molecule has 1 aromatic heterocycles. The summed E-state index contributed by atoms with van der Waals surface area (Å²) in [5, 5.41) is 2.89. The summed E-state index contributed by atoms with van der Waals surface area (Å²) < 4.78 is 0. The van der Waals surface area contributed by atoms with Crippen molar-refractivity contribution in [3.05, 3.63) is 58.9 Å². The van der Waals surface area contributed by atoms with Gasteiger partial charge in [0.05, 0.1) is 0 Å². The fourth-order valence-corrected chi connectivity index (χ4v) is 3.15. The van der Waals surface area contributed by atoms with Crippen LogP contribution in [-0.4, -0.2) is 34.8 Å². The number of rotatable bonds is 3. The first-order valence-corrected chi connectivity index (χ1v) is 9.18. The summed E-state index contributed by atoms with van der Waals surface area (Å²) in [6, 6.07) is 9.02. The molecule has 0 spiro atoms. The predicted molar refractivity (Wildman–Crippen MR) is 102 cm³/mol. The smallest absolute Gasteiger partial charge is 0.272 e. The molecular weight excluding hydrogens is 326 g/mol. The molecule has 1 aromatic carbocycles. The molecule has 136 valence electrons. The first-order chi connectivity index (χ1) is 12.5. The van der Waals surface area contributed by atoms with E-state index in [4.69, 9.17) is 0 Å². The molecule has 0 aliphatic carbocycles. The van der Waals surface area contributed by atoms with E-state index in [1.54, 1.807) is 12.1 Å². The molecular formula is C21H25N3O2. The number of aromatic nitrogens is 1. The number of carbonyl (C=O) groups is 2. The number of anilines is 1. The first-order valence-electron chi connectivity index (χ1n) is 9.18. The summed E-state index contributed by atoms with van der Waals surface area (Å²) in [6.07, 6.45) is 5.91. The standard InChI is InChI=1S/C21H25N3O2/c1-15-7-8-18(13-16(15)2)23-20(25)17-9-10-22-19(14-17)21(26)24-11-5-3-4-6-12-24/h7-10,13-14H,3-6,11-12H2,1-2H3,(H,23,25). The molecule has 1 N–H and O–H groups in total. The molecule has 1 saturated heterocycles. The lowest BCUT2D eigenvalue weighted by Crippen LogP contribution is -2.32. The molecule has 0 unspecified atom stereocenters. The third kappa shape index (κ3) is 4.28. The van der Waals surface area contributed by atoms with Crippen molar-refractivity contribution in [3.63, 3.8) is 0 Å². The predicted octanol–water partition coefficient (Wildman–Crippen LogP) is 3.97. The van der Waals surface area contributed by atoms with Gasteiger partial charge in [-0.3, -0.25) is 14.6 Å². The quantitative estimate of drug-likeness (QED) is 0.910. The van der Waals surface area contributed by atoms with Gasteiger partial charge in [-0.05, 0) is 62.1 Å². The second-order valence-corrected chi connectivity index (χ2v) is 6.89. The molecule has 0 bridgehead atoms. The van der Waals surface area contributed by atoms with E-state index in [1.165, 1.54) is 11.8 Å². The molecule has 5 heteroatoms. The average Bonchev–Trinajstić information content (AvgIpc) is 2.93. The van der Waals surface area contributed by atoms with Gasteiger partial charge in [-0.1, -0.05) is 18.9 Å². The Morgan fingerprint density at radius 2 is 1.69 bits per heavy atom. The van der Waals surface area contributed by atoms with Crippen molar-refractivity contribution in [2.45, 2.75) is 39.5 Å². The van der Waals surface area contributed by atoms with E-state index in [-0.39, 0.29) is 11.8 Å². The fourth-order valence-electron chi connectivity index (χ4n) is 3.15. The zero-order chi connectivity index (χ0) is 18.5. The summed E-state index contributed by atoms with van der Waals surface area (Å²) >= 11 is 0. The molecule has 2 heterocycles. The number of nitrogens with zero attached hydrogens (tertiary/aromatic N) is 2. The first kappa shape index (κ1) is 18.1. The Kier molecular flexibility index (Phi) is 5.66. The maximum atomic E-state index is 12.7. The van der Waals surface area contributed by atoms with Crippen LogP contribution in [0.5, 0.6) is 0 Å². The number of likely N-dealkylation sites (tertiary alicyclic amines) is 1. The van der Waals surface area contributed by atoms with E-state index in [0.717, 1.165) is 50.0 Å². The molecule has 1 aliphatic heterocycles. The highest BCUT2D eigenvalue weighted by molar-refractivity contribution is 6.05. The summed E-state index contributed by atoms with van der Waals surface area (Å²) in [5.41, 5.74) is 3.82. The van der Waals surface area contributed by atoms with Crippen LogP contribution in [-0.2, 0) is 0 Å². The number of benzene rings is 1. The number of nitrogens with one attached hydrogen (secondary N) is 1. The molecule has 0 atom stereocenters. The van der Waals surface area contributed by atoms with E-state index in [1.807, 2.05) is 36.9 Å². The summed E-state index contributed by atoms with van der Waals surface area (Å²) in [4.78, 5) is 31.3. The summed E-state index contributed by atoms with van der Waals surface area (Å²) in [7, 11) is 0. The third-order valence-electron chi connectivity index (χ3n) is 4.90. The topological polar surface area (TPSA) is 62.3 Å². The van der Waals surface area contributed by atoms with Crippen LogP contribution in [0.4, 0.5) is 5.69 Å². The second kappa shape index (κ2) is 8.13. The molecule has 5 nitrogen and oxygen atoms in total.